The maximum Gasteiger partial charge on any atom is 0.146 e. The molecule has 0 spiro atoms. The zero-order chi connectivity index (χ0) is 14.7. The molecule has 0 aliphatic heterocycles. The van der Waals surface area contributed by atoms with Crippen molar-refractivity contribution in [3.8, 4) is 0 Å². The number of hydrogen-bond donors (Lipinski definition) is 0. The van der Waals surface area contributed by atoms with E-state index in [-0.39, 0.29) is 5.82 Å². The lowest BCUT2D eigenvalue weighted by molar-refractivity contribution is 0.609. The Morgan fingerprint density at radius 1 is 1.25 bits per heavy atom. The van der Waals surface area contributed by atoms with Crippen molar-refractivity contribution < 1.29 is 4.39 Å². The molecule has 0 fully saturated rings. The number of aromatic nitrogens is 2. The van der Waals surface area contributed by atoms with E-state index in [9.17, 15) is 4.39 Å². The van der Waals surface area contributed by atoms with E-state index in [0.717, 1.165) is 15.7 Å². The fourth-order valence-corrected chi connectivity index (χ4v) is 2.59. The molecule has 0 atom stereocenters. The number of benzene rings is 1. The highest BCUT2D eigenvalue weighted by molar-refractivity contribution is 14.1. The summed E-state index contributed by atoms with van der Waals surface area (Å²) in [6.45, 7) is 4.26. The first-order valence-corrected chi connectivity index (χ1v) is 7.87. The molecular formula is C15H15ClFIN2. The summed E-state index contributed by atoms with van der Waals surface area (Å²) in [6, 6.07) is 6.66. The first-order valence-electron chi connectivity index (χ1n) is 6.41. The minimum atomic E-state index is -0.240. The highest BCUT2D eigenvalue weighted by Gasteiger charge is 2.13. The van der Waals surface area contributed by atoms with Crippen LogP contribution in [0.4, 0.5) is 4.39 Å². The van der Waals surface area contributed by atoms with Crippen LogP contribution < -0.4 is 0 Å². The second kappa shape index (κ2) is 6.80. The monoisotopic (exact) mass is 404 g/mol. The van der Waals surface area contributed by atoms with Gasteiger partial charge in [0.2, 0.25) is 0 Å². The molecule has 0 aliphatic carbocycles. The molecule has 1 aromatic carbocycles. The minimum Gasteiger partial charge on any atom is -0.236 e. The van der Waals surface area contributed by atoms with Crippen molar-refractivity contribution in [1.29, 1.82) is 0 Å². The SMILES string of the molecule is CC(C)Cc1nc(Cc2ccccc2F)nc(Cl)c1I. The summed E-state index contributed by atoms with van der Waals surface area (Å²) in [5, 5.41) is 0.447. The Morgan fingerprint density at radius 3 is 2.60 bits per heavy atom. The van der Waals surface area contributed by atoms with E-state index >= 15 is 0 Å². The molecule has 0 N–H and O–H groups in total. The van der Waals surface area contributed by atoms with Crippen LogP contribution in [-0.2, 0) is 12.8 Å². The van der Waals surface area contributed by atoms with Crippen molar-refractivity contribution in [3.05, 3.63) is 55.9 Å². The summed E-state index contributed by atoms with van der Waals surface area (Å²) >= 11 is 8.32. The van der Waals surface area contributed by atoms with E-state index < -0.39 is 0 Å². The Kier molecular flexibility index (Phi) is 5.32. The Morgan fingerprint density at radius 2 is 1.95 bits per heavy atom. The van der Waals surface area contributed by atoms with Crippen LogP contribution in [0.3, 0.4) is 0 Å². The second-order valence-electron chi connectivity index (χ2n) is 5.06. The Balaban J connectivity index is 2.33. The average molecular weight is 405 g/mol. The third kappa shape index (κ3) is 3.88. The molecule has 0 amide bonds. The van der Waals surface area contributed by atoms with Crippen molar-refractivity contribution in [2.75, 3.05) is 0 Å². The molecule has 0 radical (unpaired) electrons. The van der Waals surface area contributed by atoms with E-state index in [1.54, 1.807) is 12.1 Å². The molecule has 1 heterocycles. The summed E-state index contributed by atoms with van der Waals surface area (Å²) in [4.78, 5) is 8.80. The summed E-state index contributed by atoms with van der Waals surface area (Å²) in [5.41, 5.74) is 1.52. The van der Waals surface area contributed by atoms with Gasteiger partial charge in [-0.1, -0.05) is 43.6 Å². The van der Waals surface area contributed by atoms with Gasteiger partial charge in [0.1, 0.15) is 16.8 Å². The summed E-state index contributed by atoms with van der Waals surface area (Å²) in [5.74, 6) is 0.808. The maximum absolute atomic E-state index is 13.7. The van der Waals surface area contributed by atoms with Gasteiger partial charge in [0.25, 0.3) is 0 Å². The highest BCUT2D eigenvalue weighted by Crippen LogP contribution is 2.22. The Bertz CT molecular complexity index is 617. The van der Waals surface area contributed by atoms with E-state index in [2.05, 4.69) is 46.4 Å². The second-order valence-corrected chi connectivity index (χ2v) is 6.49. The molecule has 0 saturated heterocycles. The molecule has 106 valence electrons. The largest absolute Gasteiger partial charge is 0.236 e. The molecule has 2 nitrogen and oxygen atoms in total. The first-order chi connectivity index (χ1) is 9.47. The van der Waals surface area contributed by atoms with Crippen molar-refractivity contribution in [1.82, 2.24) is 9.97 Å². The van der Waals surface area contributed by atoms with E-state index in [1.165, 1.54) is 6.07 Å². The standard InChI is InChI=1S/C15H15ClFIN2/c1-9(2)7-12-14(18)15(16)20-13(19-12)8-10-5-3-4-6-11(10)17/h3-6,9H,7-8H2,1-2H3. The van der Waals surface area contributed by atoms with Gasteiger partial charge < -0.3 is 0 Å². The van der Waals surface area contributed by atoms with Crippen LogP contribution in [0.15, 0.2) is 24.3 Å². The zero-order valence-electron chi connectivity index (χ0n) is 11.3. The molecule has 5 heteroatoms. The number of nitrogens with zero attached hydrogens (tertiary/aromatic N) is 2. The predicted octanol–water partition coefficient (Wildman–Crippen LogP) is 4.66. The molecule has 0 aliphatic rings. The molecular weight excluding hydrogens is 390 g/mol. The van der Waals surface area contributed by atoms with Gasteiger partial charge in [0.05, 0.1) is 9.26 Å². The Hall–Kier alpha value is -0.750. The van der Waals surface area contributed by atoms with Crippen molar-refractivity contribution in [2.24, 2.45) is 5.92 Å². The van der Waals surface area contributed by atoms with Gasteiger partial charge in [-0.05, 0) is 46.6 Å². The van der Waals surface area contributed by atoms with Gasteiger partial charge in [-0.25, -0.2) is 14.4 Å². The van der Waals surface area contributed by atoms with Crippen LogP contribution in [0.5, 0.6) is 0 Å². The Labute approximate surface area is 136 Å². The third-order valence-electron chi connectivity index (χ3n) is 2.83. The van der Waals surface area contributed by atoms with Crippen LogP contribution in [0.2, 0.25) is 5.15 Å². The van der Waals surface area contributed by atoms with Crippen LogP contribution in [0.1, 0.15) is 30.9 Å². The van der Waals surface area contributed by atoms with Crippen molar-refractivity contribution >= 4 is 34.2 Å². The van der Waals surface area contributed by atoms with E-state index in [1.807, 2.05) is 6.07 Å². The van der Waals surface area contributed by atoms with Gasteiger partial charge in [-0.15, -0.1) is 0 Å². The first kappa shape index (κ1) is 15.6. The van der Waals surface area contributed by atoms with Crippen LogP contribution in [0.25, 0.3) is 0 Å². The van der Waals surface area contributed by atoms with Crippen LogP contribution in [0, 0.1) is 15.3 Å². The molecule has 0 bridgehead atoms. The van der Waals surface area contributed by atoms with Gasteiger partial charge in [0.15, 0.2) is 0 Å². The summed E-state index contributed by atoms with van der Waals surface area (Å²) in [6.07, 6.45) is 1.19. The average Bonchev–Trinajstić information content (AvgIpc) is 2.37. The molecule has 1 aromatic heterocycles. The molecule has 2 aromatic rings. The lowest BCUT2D eigenvalue weighted by Gasteiger charge is -2.10. The highest BCUT2D eigenvalue weighted by atomic mass is 127. The molecule has 20 heavy (non-hydrogen) atoms. The lowest BCUT2D eigenvalue weighted by atomic mass is 10.1. The number of hydrogen-bond acceptors (Lipinski definition) is 2. The van der Waals surface area contributed by atoms with Crippen molar-refractivity contribution in [2.45, 2.75) is 26.7 Å². The number of rotatable bonds is 4. The minimum absolute atomic E-state index is 0.240. The maximum atomic E-state index is 13.7. The van der Waals surface area contributed by atoms with Crippen molar-refractivity contribution in [3.63, 3.8) is 0 Å². The van der Waals surface area contributed by atoms with E-state index in [0.29, 0.717) is 28.9 Å². The summed E-state index contributed by atoms with van der Waals surface area (Å²) < 4.78 is 14.6. The quantitative estimate of drug-likeness (QED) is 0.547. The number of halogens is 3. The smallest absolute Gasteiger partial charge is 0.146 e. The molecule has 0 saturated carbocycles. The van der Waals surface area contributed by atoms with Crippen LogP contribution in [-0.4, -0.2) is 9.97 Å². The molecule has 2 rings (SSSR count). The van der Waals surface area contributed by atoms with Gasteiger partial charge in [0, 0.05) is 6.42 Å². The van der Waals surface area contributed by atoms with E-state index in [4.69, 9.17) is 11.6 Å². The predicted molar refractivity (Wildman–Crippen MR) is 87.5 cm³/mol. The van der Waals surface area contributed by atoms with Gasteiger partial charge in [-0.3, -0.25) is 0 Å². The normalized spacial score (nSPS) is 11.1. The van der Waals surface area contributed by atoms with Crippen LogP contribution >= 0.6 is 34.2 Å². The topological polar surface area (TPSA) is 25.8 Å². The fraction of sp³-hybridized carbons (Fsp3) is 0.333. The zero-order valence-corrected chi connectivity index (χ0v) is 14.2. The lowest BCUT2D eigenvalue weighted by Crippen LogP contribution is -2.07. The van der Waals surface area contributed by atoms with Gasteiger partial charge >= 0.3 is 0 Å². The molecule has 0 unspecified atom stereocenters. The fourth-order valence-electron chi connectivity index (χ4n) is 1.92. The van der Waals surface area contributed by atoms with Gasteiger partial charge in [-0.2, -0.15) is 0 Å². The summed E-state index contributed by atoms with van der Waals surface area (Å²) in [7, 11) is 0. The third-order valence-corrected chi connectivity index (χ3v) is 4.56.